The molecule has 2 aliphatic heterocycles. The molecule has 0 saturated carbocycles. The number of carbonyl (C=O) groups is 1. The molecule has 5 nitrogen and oxygen atoms in total. The number of hydrogen-bond acceptors (Lipinski definition) is 3. The van der Waals surface area contributed by atoms with E-state index >= 15 is 0 Å². The Morgan fingerprint density at radius 3 is 2.52 bits per heavy atom. The molecule has 0 bridgehead atoms. The van der Waals surface area contributed by atoms with Gasteiger partial charge in [0.25, 0.3) is 5.91 Å². The highest BCUT2D eigenvalue weighted by molar-refractivity contribution is 5.93. The van der Waals surface area contributed by atoms with E-state index in [1.807, 2.05) is 0 Å². The molecule has 1 unspecified atom stereocenters. The lowest BCUT2D eigenvalue weighted by Gasteiger charge is -2.36. The zero-order valence-corrected chi connectivity index (χ0v) is 13.7. The second kappa shape index (κ2) is 6.57. The van der Waals surface area contributed by atoms with Gasteiger partial charge in [-0.1, -0.05) is 0 Å². The highest BCUT2D eigenvalue weighted by atomic mass is 19.3. The number of carbonyl (C=O) groups excluding carboxylic acids is 1. The van der Waals surface area contributed by atoms with Gasteiger partial charge in [-0.25, -0.2) is 0 Å². The van der Waals surface area contributed by atoms with Crippen molar-refractivity contribution in [1.82, 2.24) is 19.3 Å². The summed E-state index contributed by atoms with van der Waals surface area (Å²) < 4.78 is 27.1. The first-order valence-electron chi connectivity index (χ1n) is 8.15. The van der Waals surface area contributed by atoms with Crippen LogP contribution < -0.4 is 0 Å². The minimum Gasteiger partial charge on any atom is -0.336 e. The van der Waals surface area contributed by atoms with E-state index in [4.69, 9.17) is 0 Å². The zero-order valence-electron chi connectivity index (χ0n) is 13.7. The molecule has 2 saturated heterocycles. The minimum atomic E-state index is -2.68. The molecule has 0 N–H and O–H groups in total. The lowest BCUT2D eigenvalue weighted by atomic mass is 10.2. The second-order valence-electron chi connectivity index (χ2n) is 6.54. The number of amides is 1. The first kappa shape index (κ1) is 16.4. The van der Waals surface area contributed by atoms with E-state index in [-0.39, 0.29) is 11.6 Å². The van der Waals surface area contributed by atoms with E-state index in [1.165, 1.54) is 6.07 Å². The molecule has 0 aromatic carbocycles. The molecule has 1 atom stereocenters. The monoisotopic (exact) mass is 326 g/mol. The van der Waals surface area contributed by atoms with Crippen molar-refractivity contribution in [2.24, 2.45) is 0 Å². The van der Waals surface area contributed by atoms with Gasteiger partial charge in [-0.2, -0.15) is 8.78 Å². The predicted molar refractivity (Wildman–Crippen MR) is 83.8 cm³/mol. The van der Waals surface area contributed by atoms with Crippen LogP contribution in [0.2, 0.25) is 0 Å². The highest BCUT2D eigenvalue weighted by Crippen LogP contribution is 2.23. The Kier molecular flexibility index (Phi) is 4.68. The summed E-state index contributed by atoms with van der Waals surface area (Å²) in [7, 11) is 2.11. The molecule has 3 rings (SSSR count). The summed E-state index contributed by atoms with van der Waals surface area (Å²) in [6, 6.07) is 3.43. The molecule has 7 heteroatoms. The molecule has 0 aliphatic carbocycles. The maximum Gasteiger partial charge on any atom is 0.319 e. The van der Waals surface area contributed by atoms with Crippen molar-refractivity contribution in [1.29, 1.82) is 0 Å². The summed E-state index contributed by atoms with van der Waals surface area (Å²) in [6.07, 6.45) is 0.920. The molecule has 2 aliphatic rings. The first-order valence-corrected chi connectivity index (χ1v) is 8.15. The van der Waals surface area contributed by atoms with Crippen LogP contribution in [0.5, 0.6) is 0 Å². The van der Waals surface area contributed by atoms with Crippen LogP contribution in [-0.4, -0.2) is 77.5 Å². The lowest BCUT2D eigenvalue weighted by Crippen LogP contribution is -2.50. The predicted octanol–water partition coefficient (Wildman–Crippen LogP) is 1.65. The van der Waals surface area contributed by atoms with E-state index in [0.29, 0.717) is 24.8 Å². The van der Waals surface area contributed by atoms with Crippen LogP contribution in [-0.2, 0) is 0 Å². The number of aryl methyl sites for hydroxylation is 1. The van der Waals surface area contributed by atoms with Gasteiger partial charge in [0.15, 0.2) is 0 Å². The van der Waals surface area contributed by atoms with Crippen molar-refractivity contribution in [2.75, 3.05) is 46.3 Å². The summed E-state index contributed by atoms with van der Waals surface area (Å²) in [6.45, 7) is 4.29. The summed E-state index contributed by atoms with van der Waals surface area (Å²) in [5.41, 5.74) is 0.509. The molecule has 0 radical (unpaired) electrons. The molecule has 1 amide bonds. The van der Waals surface area contributed by atoms with Crippen molar-refractivity contribution in [3.63, 3.8) is 0 Å². The Hall–Kier alpha value is -1.47. The normalized spacial score (nSPS) is 23.9. The summed E-state index contributed by atoms with van der Waals surface area (Å²) in [4.78, 5) is 19.0. The summed E-state index contributed by atoms with van der Waals surface area (Å²) in [5.74, 6) is -0.282. The topological polar surface area (TPSA) is 31.7 Å². The molecule has 0 spiro atoms. The number of halogens is 2. The third-order valence-electron chi connectivity index (χ3n) is 5.04. The summed E-state index contributed by atoms with van der Waals surface area (Å²) in [5, 5.41) is 0. The third-order valence-corrected chi connectivity index (χ3v) is 5.04. The quantitative estimate of drug-likeness (QED) is 0.847. The van der Waals surface area contributed by atoms with Gasteiger partial charge in [0.1, 0.15) is 5.69 Å². The second-order valence-corrected chi connectivity index (χ2v) is 6.54. The fraction of sp³-hybridized carbons (Fsp3) is 0.688. The molecule has 1 aromatic heterocycles. The van der Waals surface area contributed by atoms with Crippen molar-refractivity contribution in [2.45, 2.75) is 25.9 Å². The van der Waals surface area contributed by atoms with Crippen LogP contribution in [0.4, 0.5) is 8.78 Å². The maximum absolute atomic E-state index is 13.2. The lowest BCUT2D eigenvalue weighted by molar-refractivity contribution is 0.0556. The fourth-order valence-electron chi connectivity index (χ4n) is 3.56. The van der Waals surface area contributed by atoms with Gasteiger partial charge in [-0.05, 0) is 32.5 Å². The van der Waals surface area contributed by atoms with Gasteiger partial charge in [0, 0.05) is 51.0 Å². The van der Waals surface area contributed by atoms with Gasteiger partial charge in [0.05, 0.1) is 0 Å². The number of likely N-dealkylation sites (N-methyl/N-ethyl adjacent to an activating group) is 1. The standard InChI is InChI=1S/C16H24F2N4O/c1-12-3-4-14(22(12)16(17)18)15(23)21-6-5-13(11-21)20-9-7-19(2)8-10-20/h3-4,13,16H,5-11H2,1-2H3. The number of alkyl halides is 2. The molecular formula is C16H24F2N4O. The number of nitrogens with zero attached hydrogens (tertiary/aromatic N) is 4. The summed E-state index contributed by atoms with van der Waals surface area (Å²) >= 11 is 0. The van der Waals surface area contributed by atoms with E-state index < -0.39 is 6.55 Å². The number of aromatic nitrogens is 1. The third kappa shape index (κ3) is 3.26. The van der Waals surface area contributed by atoms with Crippen LogP contribution >= 0.6 is 0 Å². The SMILES string of the molecule is Cc1ccc(C(=O)N2CCC(N3CCN(C)CC3)C2)n1C(F)F. The van der Waals surface area contributed by atoms with Gasteiger partial charge in [-0.3, -0.25) is 14.3 Å². The van der Waals surface area contributed by atoms with Crippen molar-refractivity contribution in [3.8, 4) is 0 Å². The Morgan fingerprint density at radius 1 is 1.17 bits per heavy atom. The van der Waals surface area contributed by atoms with E-state index in [9.17, 15) is 13.6 Å². The van der Waals surface area contributed by atoms with E-state index in [2.05, 4.69) is 16.8 Å². The van der Waals surface area contributed by atoms with Crippen molar-refractivity contribution >= 4 is 5.91 Å². The fourth-order valence-corrected chi connectivity index (χ4v) is 3.56. The Morgan fingerprint density at radius 2 is 1.87 bits per heavy atom. The van der Waals surface area contributed by atoms with E-state index in [0.717, 1.165) is 37.2 Å². The molecular weight excluding hydrogens is 302 g/mol. The molecule has 1 aromatic rings. The molecule has 128 valence electrons. The zero-order chi connectivity index (χ0) is 16.6. The van der Waals surface area contributed by atoms with Crippen molar-refractivity contribution < 1.29 is 13.6 Å². The molecule has 2 fully saturated rings. The number of rotatable bonds is 3. The van der Waals surface area contributed by atoms with Crippen LogP contribution in [0, 0.1) is 6.92 Å². The average molecular weight is 326 g/mol. The molecule has 23 heavy (non-hydrogen) atoms. The smallest absolute Gasteiger partial charge is 0.319 e. The largest absolute Gasteiger partial charge is 0.336 e. The van der Waals surface area contributed by atoms with Crippen molar-refractivity contribution in [3.05, 3.63) is 23.5 Å². The van der Waals surface area contributed by atoms with Crippen LogP contribution in [0.3, 0.4) is 0 Å². The number of likely N-dealkylation sites (tertiary alicyclic amines) is 1. The minimum absolute atomic E-state index is 0.0940. The van der Waals surface area contributed by atoms with E-state index in [1.54, 1.807) is 17.9 Å². The van der Waals surface area contributed by atoms with Crippen LogP contribution in [0.15, 0.2) is 12.1 Å². The average Bonchev–Trinajstić information content (AvgIpc) is 3.14. The highest BCUT2D eigenvalue weighted by Gasteiger charge is 2.33. The Bertz CT molecular complexity index is 566. The van der Waals surface area contributed by atoms with Gasteiger partial charge in [-0.15, -0.1) is 0 Å². The maximum atomic E-state index is 13.2. The Balaban J connectivity index is 1.66. The van der Waals surface area contributed by atoms with Gasteiger partial charge < -0.3 is 9.80 Å². The van der Waals surface area contributed by atoms with Crippen LogP contribution in [0.25, 0.3) is 0 Å². The van der Waals surface area contributed by atoms with Gasteiger partial charge >= 0.3 is 6.55 Å². The Labute approximate surface area is 135 Å². The molecule has 3 heterocycles. The van der Waals surface area contributed by atoms with Gasteiger partial charge in [0.2, 0.25) is 0 Å². The first-order chi connectivity index (χ1) is 11.0. The number of piperazine rings is 1. The van der Waals surface area contributed by atoms with Crippen LogP contribution in [0.1, 0.15) is 29.2 Å². The number of hydrogen-bond donors (Lipinski definition) is 0.